The van der Waals surface area contributed by atoms with Crippen molar-refractivity contribution in [1.29, 1.82) is 0 Å². The molecule has 4 N–H and O–H groups in total. The number of rotatable bonds is 5. The summed E-state index contributed by atoms with van der Waals surface area (Å²) in [5.41, 5.74) is 12.3. The van der Waals surface area contributed by atoms with Crippen LogP contribution < -0.4 is 20.9 Å². The van der Waals surface area contributed by atoms with E-state index < -0.39 is 0 Å². The molecular weight excluding hydrogens is 260 g/mol. The Kier molecular flexibility index (Phi) is 4.14. The van der Waals surface area contributed by atoms with E-state index in [1.54, 1.807) is 12.4 Å². The first-order valence-electron chi connectivity index (χ1n) is 6.16. The highest BCUT2D eigenvalue weighted by atomic mass is 16.5. The number of nitrogen functional groups attached to an aromatic ring is 2. The van der Waals surface area contributed by atoms with E-state index in [1.807, 2.05) is 13.8 Å². The molecule has 0 aliphatic heterocycles. The van der Waals surface area contributed by atoms with Crippen LogP contribution in [-0.4, -0.2) is 33.1 Å². The van der Waals surface area contributed by atoms with Gasteiger partial charge in [-0.1, -0.05) is 0 Å². The van der Waals surface area contributed by atoms with Crippen molar-refractivity contribution in [3.05, 3.63) is 12.4 Å². The molecule has 0 saturated heterocycles. The molecular formula is C12H16N6O2. The van der Waals surface area contributed by atoms with Gasteiger partial charge in [0.15, 0.2) is 0 Å². The third-order valence-electron chi connectivity index (χ3n) is 2.40. The Morgan fingerprint density at radius 1 is 0.850 bits per heavy atom. The van der Waals surface area contributed by atoms with E-state index in [2.05, 4.69) is 19.9 Å². The van der Waals surface area contributed by atoms with Crippen LogP contribution in [0.2, 0.25) is 0 Å². The van der Waals surface area contributed by atoms with Crippen molar-refractivity contribution in [2.45, 2.75) is 13.8 Å². The zero-order chi connectivity index (χ0) is 14.5. The summed E-state index contributed by atoms with van der Waals surface area (Å²) in [7, 11) is 0. The van der Waals surface area contributed by atoms with Gasteiger partial charge in [-0.3, -0.25) is 0 Å². The van der Waals surface area contributed by atoms with Crippen LogP contribution in [0.25, 0.3) is 11.1 Å². The predicted molar refractivity (Wildman–Crippen MR) is 74.2 cm³/mol. The number of anilines is 2. The van der Waals surface area contributed by atoms with Crippen molar-refractivity contribution in [2.24, 2.45) is 0 Å². The van der Waals surface area contributed by atoms with Gasteiger partial charge >= 0.3 is 0 Å². The fraction of sp³-hybridized carbons (Fsp3) is 0.333. The lowest BCUT2D eigenvalue weighted by atomic mass is 10.1. The molecule has 0 spiro atoms. The lowest BCUT2D eigenvalue weighted by Crippen LogP contribution is -2.05. The smallest absolute Gasteiger partial charge is 0.226 e. The van der Waals surface area contributed by atoms with Crippen LogP contribution >= 0.6 is 0 Å². The maximum Gasteiger partial charge on any atom is 0.226 e. The molecule has 0 unspecified atom stereocenters. The molecule has 0 radical (unpaired) electrons. The van der Waals surface area contributed by atoms with Crippen molar-refractivity contribution >= 4 is 11.9 Å². The zero-order valence-electron chi connectivity index (χ0n) is 11.3. The van der Waals surface area contributed by atoms with Crippen molar-refractivity contribution in [3.63, 3.8) is 0 Å². The summed E-state index contributed by atoms with van der Waals surface area (Å²) in [6.45, 7) is 4.60. The SMILES string of the molecule is CCOc1nc(N)ncc1-c1cnc(N)nc1OCC. The van der Waals surface area contributed by atoms with E-state index in [0.717, 1.165) is 0 Å². The van der Waals surface area contributed by atoms with Gasteiger partial charge < -0.3 is 20.9 Å². The lowest BCUT2D eigenvalue weighted by molar-refractivity contribution is 0.322. The van der Waals surface area contributed by atoms with Crippen LogP contribution in [0.5, 0.6) is 11.8 Å². The van der Waals surface area contributed by atoms with Crippen LogP contribution in [0.3, 0.4) is 0 Å². The van der Waals surface area contributed by atoms with E-state index in [9.17, 15) is 0 Å². The molecule has 2 aromatic rings. The molecule has 8 nitrogen and oxygen atoms in total. The highest BCUT2D eigenvalue weighted by Crippen LogP contribution is 2.33. The summed E-state index contributed by atoms with van der Waals surface area (Å²) in [6.07, 6.45) is 3.09. The van der Waals surface area contributed by atoms with E-state index >= 15 is 0 Å². The van der Waals surface area contributed by atoms with Gasteiger partial charge in [0.05, 0.1) is 24.3 Å². The number of aromatic nitrogens is 4. The first-order chi connectivity index (χ1) is 9.65. The second-order valence-electron chi connectivity index (χ2n) is 3.76. The minimum Gasteiger partial charge on any atom is -0.477 e. The van der Waals surface area contributed by atoms with Crippen molar-refractivity contribution in [3.8, 4) is 22.9 Å². The first-order valence-corrected chi connectivity index (χ1v) is 6.16. The number of hydrogen-bond acceptors (Lipinski definition) is 8. The second kappa shape index (κ2) is 6.00. The van der Waals surface area contributed by atoms with E-state index in [-0.39, 0.29) is 11.9 Å². The molecule has 0 saturated carbocycles. The third kappa shape index (κ3) is 2.85. The second-order valence-corrected chi connectivity index (χ2v) is 3.76. The van der Waals surface area contributed by atoms with E-state index in [0.29, 0.717) is 36.1 Å². The summed E-state index contributed by atoms with van der Waals surface area (Å²) < 4.78 is 10.9. The van der Waals surface area contributed by atoms with Crippen molar-refractivity contribution < 1.29 is 9.47 Å². The van der Waals surface area contributed by atoms with Gasteiger partial charge in [0, 0.05) is 12.4 Å². The summed E-state index contributed by atoms with van der Waals surface area (Å²) in [5.74, 6) is 0.974. The Hall–Kier alpha value is -2.64. The standard InChI is InChI=1S/C12H16N6O2/c1-3-19-9-7(5-15-11(13)17-9)8-6-16-12(14)18-10(8)20-4-2/h5-6H,3-4H2,1-2H3,(H2,13,15,17)(H2,14,16,18). The molecule has 20 heavy (non-hydrogen) atoms. The summed E-state index contributed by atoms with van der Waals surface area (Å²) >= 11 is 0. The topological polar surface area (TPSA) is 122 Å². The quantitative estimate of drug-likeness (QED) is 0.825. The lowest BCUT2D eigenvalue weighted by Gasteiger charge is -2.12. The Morgan fingerprint density at radius 2 is 1.25 bits per heavy atom. The van der Waals surface area contributed by atoms with Crippen molar-refractivity contribution in [1.82, 2.24) is 19.9 Å². The van der Waals surface area contributed by atoms with Gasteiger partial charge in [-0.05, 0) is 13.8 Å². The van der Waals surface area contributed by atoms with Crippen LogP contribution in [0, 0.1) is 0 Å². The molecule has 2 aromatic heterocycles. The van der Waals surface area contributed by atoms with Gasteiger partial charge in [-0.15, -0.1) is 0 Å². The van der Waals surface area contributed by atoms with E-state index in [1.165, 1.54) is 0 Å². The molecule has 0 bridgehead atoms. The maximum atomic E-state index is 5.57. The molecule has 8 heteroatoms. The minimum atomic E-state index is 0.131. The van der Waals surface area contributed by atoms with Gasteiger partial charge in [0.2, 0.25) is 23.7 Å². The Bertz CT molecular complexity index is 551. The molecule has 0 aliphatic carbocycles. The Labute approximate surface area is 116 Å². The normalized spacial score (nSPS) is 10.3. The van der Waals surface area contributed by atoms with Gasteiger partial charge in [-0.2, -0.15) is 9.97 Å². The van der Waals surface area contributed by atoms with Crippen LogP contribution in [0.4, 0.5) is 11.9 Å². The largest absolute Gasteiger partial charge is 0.477 e. The number of nitrogens with zero attached hydrogens (tertiary/aromatic N) is 4. The molecule has 2 rings (SSSR count). The fourth-order valence-corrected chi connectivity index (χ4v) is 1.62. The third-order valence-corrected chi connectivity index (χ3v) is 2.40. The monoisotopic (exact) mass is 276 g/mol. The van der Waals surface area contributed by atoms with Crippen molar-refractivity contribution in [2.75, 3.05) is 24.7 Å². The molecule has 0 aromatic carbocycles. The van der Waals surface area contributed by atoms with E-state index in [4.69, 9.17) is 20.9 Å². The predicted octanol–water partition coefficient (Wildman–Crippen LogP) is 0.895. The summed E-state index contributed by atoms with van der Waals surface area (Å²) in [5, 5.41) is 0. The number of hydrogen-bond donors (Lipinski definition) is 2. The molecule has 0 amide bonds. The maximum absolute atomic E-state index is 5.57. The average molecular weight is 276 g/mol. The fourth-order valence-electron chi connectivity index (χ4n) is 1.62. The van der Waals surface area contributed by atoms with Gasteiger partial charge in [-0.25, -0.2) is 9.97 Å². The first kappa shape index (κ1) is 13.8. The minimum absolute atomic E-state index is 0.131. The Morgan fingerprint density at radius 3 is 1.60 bits per heavy atom. The molecule has 0 fully saturated rings. The Balaban J connectivity index is 2.55. The number of nitrogens with two attached hydrogens (primary N) is 2. The van der Waals surface area contributed by atoms with Gasteiger partial charge in [0.1, 0.15) is 0 Å². The summed E-state index contributed by atoms with van der Waals surface area (Å²) in [4.78, 5) is 16.1. The van der Waals surface area contributed by atoms with Crippen LogP contribution in [0.1, 0.15) is 13.8 Å². The highest BCUT2D eigenvalue weighted by molar-refractivity contribution is 5.72. The summed E-state index contributed by atoms with van der Waals surface area (Å²) in [6, 6.07) is 0. The van der Waals surface area contributed by atoms with Crippen LogP contribution in [-0.2, 0) is 0 Å². The average Bonchev–Trinajstić information content (AvgIpc) is 2.41. The number of ether oxygens (including phenoxy) is 2. The molecule has 2 heterocycles. The highest BCUT2D eigenvalue weighted by Gasteiger charge is 2.16. The molecule has 106 valence electrons. The van der Waals surface area contributed by atoms with Gasteiger partial charge in [0.25, 0.3) is 0 Å². The van der Waals surface area contributed by atoms with Crippen LogP contribution in [0.15, 0.2) is 12.4 Å². The zero-order valence-corrected chi connectivity index (χ0v) is 11.3. The molecule has 0 aliphatic rings. The molecule has 0 atom stereocenters.